The molecule has 1 atom stereocenters. The van der Waals surface area contributed by atoms with Crippen molar-refractivity contribution in [2.24, 2.45) is 0 Å². The van der Waals surface area contributed by atoms with Crippen LogP contribution in [0.15, 0.2) is 126 Å². The number of hydrogen-bond donors (Lipinski definition) is 3. The van der Waals surface area contributed by atoms with Gasteiger partial charge in [-0.3, -0.25) is 0 Å². The Labute approximate surface area is 266 Å². The van der Waals surface area contributed by atoms with Crippen molar-refractivity contribution in [1.29, 1.82) is 0 Å². The van der Waals surface area contributed by atoms with E-state index in [0.717, 1.165) is 55.7 Å². The van der Waals surface area contributed by atoms with Crippen LogP contribution in [0.1, 0.15) is 44.2 Å². The summed E-state index contributed by atoms with van der Waals surface area (Å²) in [5.41, 5.74) is 14.9. The van der Waals surface area contributed by atoms with E-state index in [4.69, 9.17) is 5.73 Å². The van der Waals surface area contributed by atoms with E-state index in [2.05, 4.69) is 113 Å². The fraction of sp³-hybridized carbons (Fsp3) is 0.220. The van der Waals surface area contributed by atoms with Crippen LogP contribution >= 0.6 is 0 Å². The van der Waals surface area contributed by atoms with Gasteiger partial charge in [0.25, 0.3) is 0 Å². The van der Waals surface area contributed by atoms with Crippen molar-refractivity contribution in [3.63, 3.8) is 0 Å². The number of rotatable bonds is 7. The standard InChI is InChI=1S/C39H36N4.C2H6/c40-35-9-3-1-6-26(35)13-17-31(42-32-8-5-22-41-25-32)24-30-12-11-28-15-19-34-37(43-23-21-27-7-2-4-10-36(27)43)20-16-29-14-18-33(30)38(28)39(29)34;1-2/h1-3,5-9,11-20,25,31,41-42H,4,10,21-24,40H2;1-2H3/b17-13-;. The minimum absolute atomic E-state index is 0.0822. The molecule has 5 aromatic rings. The van der Waals surface area contributed by atoms with Gasteiger partial charge < -0.3 is 21.3 Å². The molecule has 0 spiro atoms. The monoisotopic (exact) mass is 590 g/mol. The number of nitrogens with two attached hydrogens (primary N) is 1. The highest BCUT2D eigenvalue weighted by molar-refractivity contribution is 6.26. The summed E-state index contributed by atoms with van der Waals surface area (Å²) in [5.74, 6) is 0. The molecule has 3 aliphatic rings. The van der Waals surface area contributed by atoms with Gasteiger partial charge in [-0.05, 0) is 87.5 Å². The summed E-state index contributed by atoms with van der Waals surface area (Å²) in [4.78, 5) is 2.59. The van der Waals surface area contributed by atoms with Crippen LogP contribution in [0.2, 0.25) is 0 Å². The molecule has 0 fully saturated rings. The molecule has 226 valence electrons. The van der Waals surface area contributed by atoms with Crippen molar-refractivity contribution >= 4 is 49.8 Å². The van der Waals surface area contributed by atoms with Gasteiger partial charge in [0, 0.05) is 47.8 Å². The van der Waals surface area contributed by atoms with Crippen LogP contribution in [0, 0.1) is 0 Å². The lowest BCUT2D eigenvalue weighted by Gasteiger charge is -2.26. The number of hydrogen-bond acceptors (Lipinski definition) is 4. The van der Waals surface area contributed by atoms with E-state index in [0.29, 0.717) is 0 Å². The SMILES string of the molecule is CC.Nc1ccccc1/C=C\C(Cc1ccc2ccc3c(N4CCC5=C4CCC=C5)ccc4ccc1c2c43)NC1=CNCC=C1. The molecule has 0 saturated heterocycles. The summed E-state index contributed by atoms with van der Waals surface area (Å²) in [6.45, 7) is 5.92. The van der Waals surface area contributed by atoms with E-state index in [-0.39, 0.29) is 6.04 Å². The maximum absolute atomic E-state index is 6.28. The van der Waals surface area contributed by atoms with Gasteiger partial charge in [-0.2, -0.15) is 0 Å². The van der Waals surface area contributed by atoms with Crippen LogP contribution in [0.5, 0.6) is 0 Å². The maximum atomic E-state index is 6.28. The van der Waals surface area contributed by atoms with E-state index in [1.54, 1.807) is 0 Å². The molecule has 1 aliphatic carbocycles. The maximum Gasteiger partial charge on any atom is 0.0502 e. The van der Waals surface area contributed by atoms with Crippen LogP contribution < -0.4 is 21.3 Å². The summed E-state index contributed by atoms with van der Waals surface area (Å²) in [6.07, 6.45) is 19.7. The molecule has 4 heteroatoms. The first-order valence-electron chi connectivity index (χ1n) is 16.5. The lowest BCUT2D eigenvalue weighted by molar-refractivity contribution is 0.672. The Balaban J connectivity index is 0.00000160. The second-order valence-corrected chi connectivity index (χ2v) is 11.9. The lowest BCUT2D eigenvalue weighted by atomic mass is 9.89. The smallest absolute Gasteiger partial charge is 0.0502 e. The third-order valence-corrected chi connectivity index (χ3v) is 9.28. The first-order valence-corrected chi connectivity index (χ1v) is 16.5. The summed E-state index contributed by atoms with van der Waals surface area (Å²) < 4.78 is 0. The molecular formula is C41H42N4. The molecular weight excluding hydrogens is 548 g/mol. The Morgan fingerprint density at radius 1 is 0.867 bits per heavy atom. The minimum Gasteiger partial charge on any atom is -0.398 e. The Morgan fingerprint density at radius 3 is 2.47 bits per heavy atom. The lowest BCUT2D eigenvalue weighted by Crippen LogP contribution is -2.30. The highest BCUT2D eigenvalue weighted by Gasteiger charge is 2.25. The zero-order valence-electron chi connectivity index (χ0n) is 26.3. The van der Waals surface area contributed by atoms with Gasteiger partial charge in [0.05, 0.1) is 5.70 Å². The van der Waals surface area contributed by atoms with E-state index >= 15 is 0 Å². The number of dihydropyridines is 1. The second kappa shape index (κ2) is 12.6. The summed E-state index contributed by atoms with van der Waals surface area (Å²) in [6, 6.07) is 26.7. The molecule has 1 unspecified atom stereocenters. The normalized spacial score (nSPS) is 16.7. The molecule has 2 heterocycles. The topological polar surface area (TPSA) is 53.3 Å². The summed E-state index contributed by atoms with van der Waals surface area (Å²) in [7, 11) is 0. The van der Waals surface area contributed by atoms with Gasteiger partial charge in [0.2, 0.25) is 0 Å². The first kappa shape index (κ1) is 28.8. The van der Waals surface area contributed by atoms with Crippen LogP contribution in [-0.2, 0) is 6.42 Å². The Hall–Kier alpha value is -4.96. The number of para-hydroxylation sites is 1. The predicted octanol–water partition coefficient (Wildman–Crippen LogP) is 9.22. The number of nitrogen functional groups attached to an aromatic ring is 1. The molecule has 0 saturated carbocycles. The van der Waals surface area contributed by atoms with Crippen molar-refractivity contribution < 1.29 is 0 Å². The van der Waals surface area contributed by atoms with Crippen molar-refractivity contribution in [3.8, 4) is 0 Å². The zero-order valence-corrected chi connectivity index (χ0v) is 26.3. The number of benzene rings is 5. The van der Waals surface area contributed by atoms with Crippen molar-refractivity contribution in [1.82, 2.24) is 10.6 Å². The fourth-order valence-corrected chi connectivity index (χ4v) is 7.19. The first-order chi connectivity index (χ1) is 22.2. The molecule has 5 aromatic carbocycles. The van der Waals surface area contributed by atoms with Crippen molar-refractivity contribution in [3.05, 3.63) is 137 Å². The third-order valence-electron chi connectivity index (χ3n) is 9.28. The quantitative estimate of drug-likeness (QED) is 0.131. The molecule has 8 rings (SSSR count). The van der Waals surface area contributed by atoms with Crippen LogP contribution in [0.4, 0.5) is 11.4 Å². The van der Waals surface area contributed by atoms with Gasteiger partial charge in [-0.1, -0.05) is 105 Å². The second-order valence-electron chi connectivity index (χ2n) is 11.9. The van der Waals surface area contributed by atoms with Gasteiger partial charge >= 0.3 is 0 Å². The Kier molecular flexibility index (Phi) is 8.04. The molecule has 4 N–H and O–H groups in total. The van der Waals surface area contributed by atoms with Crippen LogP contribution in [0.25, 0.3) is 38.4 Å². The predicted molar refractivity (Wildman–Crippen MR) is 195 cm³/mol. The van der Waals surface area contributed by atoms with E-state index in [9.17, 15) is 0 Å². The van der Waals surface area contributed by atoms with Gasteiger partial charge in [-0.15, -0.1) is 0 Å². The van der Waals surface area contributed by atoms with Crippen molar-refractivity contribution in [2.45, 2.75) is 45.6 Å². The summed E-state index contributed by atoms with van der Waals surface area (Å²) in [5, 5.41) is 15.1. The number of nitrogens with zero attached hydrogens (tertiary/aromatic N) is 1. The van der Waals surface area contributed by atoms with Gasteiger partial charge in [-0.25, -0.2) is 0 Å². The Morgan fingerprint density at radius 2 is 1.64 bits per heavy atom. The molecule has 0 aromatic heterocycles. The van der Waals surface area contributed by atoms with E-state index < -0.39 is 0 Å². The number of anilines is 2. The highest BCUT2D eigenvalue weighted by Crippen LogP contribution is 2.43. The fourth-order valence-electron chi connectivity index (χ4n) is 7.19. The highest BCUT2D eigenvalue weighted by atomic mass is 15.2. The van der Waals surface area contributed by atoms with E-state index in [1.165, 1.54) is 54.8 Å². The summed E-state index contributed by atoms with van der Waals surface area (Å²) >= 11 is 0. The van der Waals surface area contributed by atoms with Gasteiger partial charge in [0.1, 0.15) is 0 Å². The molecule has 45 heavy (non-hydrogen) atoms. The number of nitrogens with one attached hydrogen (secondary N) is 2. The van der Waals surface area contributed by atoms with Gasteiger partial charge in [0.15, 0.2) is 0 Å². The molecule has 0 bridgehead atoms. The average molecular weight is 591 g/mol. The molecule has 0 radical (unpaired) electrons. The van der Waals surface area contributed by atoms with Crippen LogP contribution in [0.3, 0.4) is 0 Å². The molecule has 4 nitrogen and oxygen atoms in total. The average Bonchev–Trinajstić information content (AvgIpc) is 3.52. The Bertz CT molecular complexity index is 2010. The molecule has 2 aliphatic heterocycles. The largest absolute Gasteiger partial charge is 0.398 e. The van der Waals surface area contributed by atoms with Crippen molar-refractivity contribution in [2.75, 3.05) is 23.7 Å². The number of allylic oxidation sites excluding steroid dienone is 4. The van der Waals surface area contributed by atoms with Crippen LogP contribution in [-0.4, -0.2) is 19.1 Å². The molecule has 0 amide bonds. The minimum atomic E-state index is 0.0822. The third kappa shape index (κ3) is 5.46. The van der Waals surface area contributed by atoms with E-state index in [1.807, 2.05) is 32.0 Å². The zero-order chi connectivity index (χ0) is 30.8.